The van der Waals surface area contributed by atoms with Crippen molar-refractivity contribution < 1.29 is 0 Å². The fourth-order valence-electron chi connectivity index (χ4n) is 7.83. The molecule has 2 heterocycles. The molecule has 1 atom stereocenters. The first-order chi connectivity index (χ1) is 27.7. The Morgan fingerprint density at radius 1 is 0.411 bits per heavy atom. The van der Waals surface area contributed by atoms with Gasteiger partial charge in [0.05, 0.1) is 16.9 Å². The van der Waals surface area contributed by atoms with Gasteiger partial charge in [-0.3, -0.25) is 4.99 Å². The topological polar surface area (TPSA) is 37.3 Å². The largest absolute Gasteiger partial charge is 0.360 e. The van der Waals surface area contributed by atoms with Crippen LogP contribution in [0.5, 0.6) is 0 Å². The van der Waals surface area contributed by atoms with E-state index in [9.17, 15) is 0 Å². The number of hydrogen-bond donors (Lipinski definition) is 1. The molecule has 1 aliphatic heterocycles. The van der Waals surface area contributed by atoms with Gasteiger partial charge in [-0.2, -0.15) is 0 Å². The Morgan fingerprint density at radius 2 is 0.982 bits per heavy atom. The van der Waals surface area contributed by atoms with Crippen molar-refractivity contribution in [3.05, 3.63) is 229 Å². The Balaban J connectivity index is 1.00. The fourth-order valence-corrected chi connectivity index (χ4v) is 7.83. The SMILES string of the molecule is C1=C(c2ccccc2)NC(c2ccc(-c3ccc4c(ccc5nc(-c6ccccc6)cc(-c6ccccc6)c54)c3)cc2)N=C1c1cccc(-c2ccccc2)c1. The van der Waals surface area contributed by atoms with Gasteiger partial charge >= 0.3 is 0 Å². The summed E-state index contributed by atoms with van der Waals surface area (Å²) in [4.78, 5) is 10.5. The first-order valence-corrected chi connectivity index (χ1v) is 19.1. The molecule has 8 aromatic carbocycles. The van der Waals surface area contributed by atoms with E-state index in [1.54, 1.807) is 0 Å². The number of aliphatic imine (C=N–C) groups is 1. The van der Waals surface area contributed by atoms with Crippen molar-refractivity contribution >= 4 is 33.1 Å². The van der Waals surface area contributed by atoms with Gasteiger partial charge in [-0.05, 0) is 85.6 Å². The molecule has 1 unspecified atom stereocenters. The molecule has 1 aliphatic rings. The molecule has 9 aromatic rings. The van der Waals surface area contributed by atoms with Crippen molar-refractivity contribution in [2.75, 3.05) is 0 Å². The van der Waals surface area contributed by atoms with Crippen LogP contribution in [0.2, 0.25) is 0 Å². The molecule has 3 heteroatoms. The van der Waals surface area contributed by atoms with Gasteiger partial charge in [-0.1, -0.05) is 182 Å². The van der Waals surface area contributed by atoms with Gasteiger partial charge in [-0.25, -0.2) is 4.98 Å². The number of nitrogens with zero attached hydrogens (tertiary/aromatic N) is 2. The van der Waals surface area contributed by atoms with Crippen molar-refractivity contribution in [1.82, 2.24) is 10.3 Å². The van der Waals surface area contributed by atoms with Gasteiger partial charge in [0.1, 0.15) is 6.17 Å². The highest BCUT2D eigenvalue weighted by atomic mass is 15.1. The number of fused-ring (bicyclic) bond motifs is 3. The summed E-state index contributed by atoms with van der Waals surface area (Å²) in [6.07, 6.45) is 1.93. The van der Waals surface area contributed by atoms with Crippen molar-refractivity contribution in [1.29, 1.82) is 0 Å². The third-order valence-corrected chi connectivity index (χ3v) is 10.7. The molecule has 56 heavy (non-hydrogen) atoms. The maximum absolute atomic E-state index is 5.29. The van der Waals surface area contributed by atoms with Crippen molar-refractivity contribution in [2.24, 2.45) is 4.99 Å². The number of benzene rings is 8. The minimum absolute atomic E-state index is 0.243. The summed E-state index contributed by atoms with van der Waals surface area (Å²) in [5.74, 6) is 0. The summed E-state index contributed by atoms with van der Waals surface area (Å²) < 4.78 is 0. The number of aromatic nitrogens is 1. The van der Waals surface area contributed by atoms with Gasteiger partial charge in [0, 0.05) is 22.2 Å². The predicted octanol–water partition coefficient (Wildman–Crippen LogP) is 13.2. The van der Waals surface area contributed by atoms with Crippen molar-refractivity contribution in [3.8, 4) is 44.6 Å². The maximum atomic E-state index is 5.29. The van der Waals surface area contributed by atoms with E-state index in [1.807, 2.05) is 6.07 Å². The summed E-state index contributed by atoms with van der Waals surface area (Å²) in [6.45, 7) is 0. The third-order valence-electron chi connectivity index (χ3n) is 10.7. The predicted molar refractivity (Wildman–Crippen MR) is 234 cm³/mol. The standard InChI is InChI=1S/C53H37N3/c1-5-14-36(15-6-1)42-22-13-23-45(33-42)51-35-50(40-20-11-4-12-21-40)55-53(56-51)41-26-24-37(25-27-41)43-28-30-46-44(32-43)29-31-48-52(46)47(38-16-7-2-8-17-38)34-49(54-48)39-18-9-3-10-19-39/h1-35,53,55H. The Morgan fingerprint density at radius 3 is 1.70 bits per heavy atom. The normalized spacial score (nSPS) is 13.9. The van der Waals surface area contributed by atoms with E-state index in [0.29, 0.717) is 0 Å². The quantitative estimate of drug-likeness (QED) is 0.167. The fraction of sp³-hybridized carbons (Fsp3) is 0.0189. The van der Waals surface area contributed by atoms with Crippen LogP contribution in [0.15, 0.2) is 217 Å². The lowest BCUT2D eigenvalue weighted by Gasteiger charge is -2.25. The Kier molecular flexibility index (Phi) is 8.58. The minimum Gasteiger partial charge on any atom is -0.360 e. The van der Waals surface area contributed by atoms with Crippen LogP contribution in [0, 0.1) is 0 Å². The zero-order chi connectivity index (χ0) is 37.3. The van der Waals surface area contributed by atoms with Crippen LogP contribution in [-0.2, 0) is 0 Å². The lowest BCUT2D eigenvalue weighted by atomic mass is 9.93. The molecule has 3 nitrogen and oxygen atoms in total. The van der Waals surface area contributed by atoms with Crippen molar-refractivity contribution in [2.45, 2.75) is 6.17 Å². The first-order valence-electron chi connectivity index (χ1n) is 19.1. The van der Waals surface area contributed by atoms with E-state index in [1.165, 1.54) is 44.0 Å². The second-order valence-electron chi connectivity index (χ2n) is 14.2. The molecule has 0 saturated heterocycles. The Labute approximate surface area is 327 Å². The monoisotopic (exact) mass is 715 g/mol. The highest BCUT2D eigenvalue weighted by Crippen LogP contribution is 2.38. The lowest BCUT2D eigenvalue weighted by Crippen LogP contribution is -2.24. The Bertz CT molecular complexity index is 2900. The van der Waals surface area contributed by atoms with E-state index in [4.69, 9.17) is 9.98 Å². The van der Waals surface area contributed by atoms with E-state index in [-0.39, 0.29) is 6.17 Å². The van der Waals surface area contributed by atoms with E-state index in [2.05, 4.69) is 212 Å². The van der Waals surface area contributed by atoms with Crippen LogP contribution < -0.4 is 5.32 Å². The molecule has 0 spiro atoms. The molecule has 0 radical (unpaired) electrons. The molecule has 0 fully saturated rings. The second kappa shape index (κ2) is 14.5. The number of nitrogens with one attached hydrogen (secondary N) is 1. The number of pyridine rings is 1. The molecule has 1 aromatic heterocycles. The van der Waals surface area contributed by atoms with E-state index >= 15 is 0 Å². The summed E-state index contributed by atoms with van der Waals surface area (Å²) in [7, 11) is 0. The van der Waals surface area contributed by atoms with Crippen LogP contribution in [0.3, 0.4) is 0 Å². The molecule has 10 rings (SSSR count). The molecule has 0 aliphatic carbocycles. The van der Waals surface area contributed by atoms with Gasteiger partial charge in [0.25, 0.3) is 0 Å². The molecule has 0 amide bonds. The molecule has 0 saturated carbocycles. The lowest BCUT2D eigenvalue weighted by molar-refractivity contribution is 0.664. The molecule has 0 bridgehead atoms. The van der Waals surface area contributed by atoms with Crippen LogP contribution in [-0.4, -0.2) is 10.7 Å². The minimum atomic E-state index is -0.243. The van der Waals surface area contributed by atoms with Crippen LogP contribution in [0.25, 0.3) is 72.0 Å². The van der Waals surface area contributed by atoms with Crippen LogP contribution >= 0.6 is 0 Å². The molecule has 264 valence electrons. The second-order valence-corrected chi connectivity index (χ2v) is 14.2. The van der Waals surface area contributed by atoms with Gasteiger partial charge in [-0.15, -0.1) is 0 Å². The van der Waals surface area contributed by atoms with E-state index < -0.39 is 0 Å². The van der Waals surface area contributed by atoms with Crippen LogP contribution in [0.4, 0.5) is 0 Å². The third kappa shape index (κ3) is 6.46. The number of hydrogen-bond acceptors (Lipinski definition) is 3. The zero-order valence-electron chi connectivity index (χ0n) is 30.7. The van der Waals surface area contributed by atoms with Gasteiger partial charge < -0.3 is 5.32 Å². The summed E-state index contributed by atoms with van der Waals surface area (Å²) >= 11 is 0. The number of rotatable bonds is 7. The first kappa shape index (κ1) is 33.2. The Hall–Kier alpha value is -7.36. The average molecular weight is 716 g/mol. The molecular formula is C53H37N3. The number of allylic oxidation sites excluding steroid dienone is 1. The molecular weight excluding hydrogens is 679 g/mol. The maximum Gasteiger partial charge on any atom is 0.145 e. The van der Waals surface area contributed by atoms with Crippen LogP contribution in [0.1, 0.15) is 22.9 Å². The average Bonchev–Trinajstić information content (AvgIpc) is 3.29. The van der Waals surface area contributed by atoms with Gasteiger partial charge in [0.15, 0.2) is 0 Å². The van der Waals surface area contributed by atoms with Gasteiger partial charge in [0.2, 0.25) is 0 Å². The smallest absolute Gasteiger partial charge is 0.145 e. The highest BCUT2D eigenvalue weighted by molar-refractivity contribution is 6.15. The van der Waals surface area contributed by atoms with E-state index in [0.717, 1.165) is 50.4 Å². The molecule has 1 N–H and O–H groups in total. The highest BCUT2D eigenvalue weighted by Gasteiger charge is 2.20. The summed E-state index contributed by atoms with van der Waals surface area (Å²) in [6, 6.07) is 73.0. The van der Waals surface area contributed by atoms with Crippen molar-refractivity contribution in [3.63, 3.8) is 0 Å². The summed E-state index contributed by atoms with van der Waals surface area (Å²) in [5.41, 5.74) is 15.5. The summed E-state index contributed by atoms with van der Waals surface area (Å²) in [5, 5.41) is 7.28. The zero-order valence-corrected chi connectivity index (χ0v) is 30.7.